The Kier molecular flexibility index (Phi) is 6.40. The molecule has 1 aromatic rings. The lowest BCUT2D eigenvalue weighted by molar-refractivity contribution is -0.120. The second-order valence-electron chi connectivity index (χ2n) is 3.97. The second-order valence-corrected chi connectivity index (χ2v) is 3.97. The first-order chi connectivity index (χ1) is 9.89. The minimum Gasteiger partial charge on any atom is -0.464 e. The van der Waals surface area contributed by atoms with Crippen molar-refractivity contribution in [2.45, 2.75) is 20.0 Å². The number of ether oxygens (including phenoxy) is 1. The van der Waals surface area contributed by atoms with Crippen LogP contribution in [-0.2, 0) is 0 Å². The third kappa shape index (κ3) is 5.98. The number of aliphatic hydroxyl groups excluding tert-OH is 1. The highest BCUT2D eigenvalue weighted by molar-refractivity contribution is 5.38. The summed E-state index contributed by atoms with van der Waals surface area (Å²) < 4.78 is 42.8. The number of aliphatic hydroxyl groups is 1. The fourth-order valence-corrected chi connectivity index (χ4v) is 1.50. The molecule has 0 amide bonds. The van der Waals surface area contributed by atoms with Gasteiger partial charge in [-0.15, -0.1) is 0 Å². The summed E-state index contributed by atoms with van der Waals surface area (Å²) in [5.41, 5.74) is 0. The van der Waals surface area contributed by atoms with Crippen molar-refractivity contribution in [3.05, 3.63) is 0 Å². The minimum atomic E-state index is -4.44. The Balaban J connectivity index is 3.09. The Morgan fingerprint density at radius 2 is 1.95 bits per heavy atom. The van der Waals surface area contributed by atoms with Crippen LogP contribution < -0.4 is 15.0 Å². The minimum absolute atomic E-state index is 0.0661. The lowest BCUT2D eigenvalue weighted by Gasteiger charge is -2.23. The molecule has 1 heterocycles. The highest BCUT2D eigenvalue weighted by atomic mass is 19.4. The molecule has 0 saturated carbocycles. The fraction of sp³-hybridized carbons (Fsp3) is 0.727. The molecule has 1 aromatic heterocycles. The summed E-state index contributed by atoms with van der Waals surface area (Å²) in [6, 6.07) is -0.0661. The van der Waals surface area contributed by atoms with Crippen molar-refractivity contribution in [2.24, 2.45) is 0 Å². The van der Waals surface area contributed by atoms with E-state index in [2.05, 4.69) is 20.3 Å². The van der Waals surface area contributed by atoms with Crippen LogP contribution in [0.15, 0.2) is 0 Å². The average Bonchev–Trinajstić information content (AvgIpc) is 2.37. The summed E-state index contributed by atoms with van der Waals surface area (Å²) >= 11 is 0. The Labute approximate surface area is 120 Å². The van der Waals surface area contributed by atoms with Gasteiger partial charge in [-0.25, -0.2) is 0 Å². The molecule has 0 saturated heterocycles. The van der Waals surface area contributed by atoms with Gasteiger partial charge in [-0.05, 0) is 13.8 Å². The van der Waals surface area contributed by atoms with Crippen LogP contribution in [0.3, 0.4) is 0 Å². The number of nitrogens with zero attached hydrogens (tertiary/aromatic N) is 4. The van der Waals surface area contributed by atoms with E-state index in [0.29, 0.717) is 6.54 Å². The number of hydrogen-bond acceptors (Lipinski definition) is 7. The first-order valence-electron chi connectivity index (χ1n) is 6.44. The molecule has 120 valence electrons. The van der Waals surface area contributed by atoms with Crippen LogP contribution in [0.4, 0.5) is 25.1 Å². The molecule has 0 fully saturated rings. The maximum atomic E-state index is 12.6. The van der Waals surface area contributed by atoms with Crippen LogP contribution in [0, 0.1) is 0 Å². The van der Waals surface area contributed by atoms with Gasteiger partial charge in [-0.2, -0.15) is 28.1 Å². The van der Waals surface area contributed by atoms with Gasteiger partial charge in [0.2, 0.25) is 11.9 Å². The topological polar surface area (TPSA) is 83.4 Å². The number of nitrogens with one attached hydrogen (secondary N) is 1. The van der Waals surface area contributed by atoms with Crippen molar-refractivity contribution in [3.8, 4) is 6.01 Å². The maximum absolute atomic E-state index is 12.6. The quantitative estimate of drug-likeness (QED) is 0.743. The molecule has 2 N–H and O–H groups in total. The van der Waals surface area contributed by atoms with Gasteiger partial charge in [0.25, 0.3) is 0 Å². The van der Waals surface area contributed by atoms with Gasteiger partial charge in [0, 0.05) is 13.1 Å². The van der Waals surface area contributed by atoms with E-state index in [1.807, 2.05) is 0 Å². The standard InChI is InChI=1S/C11H18F3N5O2/c1-3-15-8-16-9(18-10(17-8)21-4-2)19(5-6-20)7-11(12,13)14/h20H,3-7H2,1-2H3,(H,15,16,17,18). The molecule has 0 radical (unpaired) electrons. The lowest BCUT2D eigenvalue weighted by atomic mass is 10.5. The molecule has 1 rings (SSSR count). The van der Waals surface area contributed by atoms with E-state index in [1.165, 1.54) is 0 Å². The monoisotopic (exact) mass is 309 g/mol. The molecule has 0 aromatic carbocycles. The Morgan fingerprint density at radius 1 is 1.24 bits per heavy atom. The summed E-state index contributed by atoms with van der Waals surface area (Å²) in [6.45, 7) is 2.29. The molecule has 0 spiro atoms. The van der Waals surface area contributed by atoms with E-state index in [-0.39, 0.29) is 31.1 Å². The van der Waals surface area contributed by atoms with Crippen molar-refractivity contribution >= 4 is 11.9 Å². The summed E-state index contributed by atoms with van der Waals surface area (Å²) in [4.78, 5) is 12.5. The van der Waals surface area contributed by atoms with Crippen LogP contribution in [0.2, 0.25) is 0 Å². The summed E-state index contributed by atoms with van der Waals surface area (Å²) in [7, 11) is 0. The molecule has 0 aliphatic heterocycles. The largest absolute Gasteiger partial charge is 0.464 e. The lowest BCUT2D eigenvalue weighted by Crippen LogP contribution is -2.37. The van der Waals surface area contributed by atoms with Crippen molar-refractivity contribution in [3.63, 3.8) is 0 Å². The van der Waals surface area contributed by atoms with Crippen molar-refractivity contribution < 1.29 is 23.0 Å². The van der Waals surface area contributed by atoms with Crippen LogP contribution in [-0.4, -0.2) is 59.1 Å². The number of aromatic nitrogens is 3. The van der Waals surface area contributed by atoms with Crippen molar-refractivity contribution in [2.75, 3.05) is 43.1 Å². The van der Waals surface area contributed by atoms with Crippen LogP contribution >= 0.6 is 0 Å². The first kappa shape index (κ1) is 17.2. The summed E-state index contributed by atoms with van der Waals surface area (Å²) in [5, 5.41) is 11.7. The van der Waals surface area contributed by atoms with Gasteiger partial charge in [0.15, 0.2) is 0 Å². The Hall–Kier alpha value is -1.84. The predicted molar refractivity (Wildman–Crippen MR) is 70.5 cm³/mol. The molecule has 7 nitrogen and oxygen atoms in total. The molecule has 0 bridgehead atoms. The maximum Gasteiger partial charge on any atom is 0.406 e. The van der Waals surface area contributed by atoms with Crippen molar-refractivity contribution in [1.29, 1.82) is 0 Å². The highest BCUT2D eigenvalue weighted by Gasteiger charge is 2.32. The van der Waals surface area contributed by atoms with E-state index >= 15 is 0 Å². The van der Waals surface area contributed by atoms with Gasteiger partial charge in [0.05, 0.1) is 13.2 Å². The smallest absolute Gasteiger partial charge is 0.406 e. The molecule has 0 aliphatic rings. The molecule has 0 aliphatic carbocycles. The number of rotatable bonds is 8. The molecular formula is C11H18F3N5O2. The van der Waals surface area contributed by atoms with Crippen LogP contribution in [0.5, 0.6) is 6.01 Å². The zero-order chi connectivity index (χ0) is 15.9. The first-order valence-corrected chi connectivity index (χ1v) is 6.44. The third-order valence-corrected chi connectivity index (χ3v) is 2.23. The van der Waals surface area contributed by atoms with Gasteiger partial charge in [-0.1, -0.05) is 0 Å². The van der Waals surface area contributed by atoms with Gasteiger partial charge < -0.3 is 20.1 Å². The third-order valence-electron chi connectivity index (χ3n) is 2.23. The number of halogens is 3. The number of hydrogen-bond donors (Lipinski definition) is 2. The predicted octanol–water partition coefficient (Wildman–Crippen LogP) is 1.06. The van der Waals surface area contributed by atoms with E-state index in [0.717, 1.165) is 4.90 Å². The normalized spacial score (nSPS) is 11.3. The molecule has 0 unspecified atom stereocenters. The average molecular weight is 309 g/mol. The SMILES string of the molecule is CCNc1nc(OCC)nc(N(CCO)CC(F)(F)F)n1. The van der Waals surface area contributed by atoms with Gasteiger partial charge in [-0.3, -0.25) is 0 Å². The molecular weight excluding hydrogens is 291 g/mol. The van der Waals surface area contributed by atoms with E-state index in [4.69, 9.17) is 9.84 Å². The fourth-order valence-electron chi connectivity index (χ4n) is 1.50. The molecule has 10 heteroatoms. The van der Waals surface area contributed by atoms with Crippen LogP contribution in [0.1, 0.15) is 13.8 Å². The van der Waals surface area contributed by atoms with Crippen molar-refractivity contribution in [1.82, 2.24) is 15.0 Å². The number of alkyl halides is 3. The van der Waals surface area contributed by atoms with Crippen LogP contribution in [0.25, 0.3) is 0 Å². The molecule has 21 heavy (non-hydrogen) atoms. The number of anilines is 2. The summed E-state index contributed by atoms with van der Waals surface area (Å²) in [5.74, 6) is -0.0770. The van der Waals surface area contributed by atoms with E-state index in [1.54, 1.807) is 13.8 Å². The van der Waals surface area contributed by atoms with E-state index < -0.39 is 19.3 Å². The Bertz CT molecular complexity index is 420. The highest BCUT2D eigenvalue weighted by Crippen LogP contribution is 2.21. The van der Waals surface area contributed by atoms with Gasteiger partial charge in [0.1, 0.15) is 6.54 Å². The van der Waals surface area contributed by atoms with E-state index in [9.17, 15) is 13.2 Å². The zero-order valence-corrected chi connectivity index (χ0v) is 11.8. The van der Waals surface area contributed by atoms with Gasteiger partial charge >= 0.3 is 12.2 Å². The molecule has 0 atom stereocenters. The summed E-state index contributed by atoms with van der Waals surface area (Å²) in [6.07, 6.45) is -4.44. The Morgan fingerprint density at radius 3 is 2.48 bits per heavy atom. The zero-order valence-electron chi connectivity index (χ0n) is 11.8. The second kappa shape index (κ2) is 7.81.